The normalized spacial score (nSPS) is 11.9. The minimum atomic E-state index is -0.231. The van der Waals surface area contributed by atoms with Crippen LogP contribution in [-0.4, -0.2) is 6.04 Å². The average Bonchev–Trinajstić information content (AvgIpc) is 2.20. The van der Waals surface area contributed by atoms with Crippen molar-refractivity contribution >= 4 is 28.9 Å². The molecule has 1 N–H and O–H groups in total. The van der Waals surface area contributed by atoms with Crippen molar-refractivity contribution in [3.05, 3.63) is 28.2 Å². The van der Waals surface area contributed by atoms with Crippen molar-refractivity contribution in [2.75, 3.05) is 5.32 Å². The molecule has 0 aliphatic heterocycles. The summed E-state index contributed by atoms with van der Waals surface area (Å²) in [7, 11) is 0. The van der Waals surface area contributed by atoms with Gasteiger partial charge in [0.25, 0.3) is 0 Å². The van der Waals surface area contributed by atoms with Crippen LogP contribution in [0.2, 0.25) is 10.0 Å². The summed E-state index contributed by atoms with van der Waals surface area (Å²) in [5, 5.41) is 12.7. The maximum atomic E-state index is 8.76. The van der Waals surface area contributed by atoms with Gasteiger partial charge >= 0.3 is 0 Å². The molecule has 1 rings (SSSR count). The van der Waals surface area contributed by atoms with Crippen LogP contribution in [0.5, 0.6) is 0 Å². The molecule has 0 aliphatic rings. The minimum Gasteiger partial charge on any atom is -0.369 e. The molecule has 2 nitrogen and oxygen atoms in total. The summed E-state index contributed by atoms with van der Waals surface area (Å²) in [5.41, 5.74) is 0.701. The van der Waals surface area contributed by atoms with E-state index in [0.717, 1.165) is 6.42 Å². The smallest absolute Gasteiger partial charge is 0.114 e. The quantitative estimate of drug-likeness (QED) is 0.857. The standard InChI is InChI=1S/C10H10Cl2N2/c1-2-7(6-13)14-9-5-3-4-8(11)10(9)12/h3-5,7,14H,2H2,1H3. The van der Waals surface area contributed by atoms with Gasteiger partial charge in [-0.2, -0.15) is 5.26 Å². The van der Waals surface area contributed by atoms with Crippen molar-refractivity contribution in [2.45, 2.75) is 19.4 Å². The Balaban J connectivity index is 2.87. The van der Waals surface area contributed by atoms with Crippen LogP contribution in [0.1, 0.15) is 13.3 Å². The average molecular weight is 229 g/mol. The van der Waals surface area contributed by atoms with Gasteiger partial charge in [0.15, 0.2) is 0 Å². The molecule has 0 fully saturated rings. The number of anilines is 1. The lowest BCUT2D eigenvalue weighted by Gasteiger charge is -2.12. The highest BCUT2D eigenvalue weighted by Crippen LogP contribution is 2.29. The summed E-state index contributed by atoms with van der Waals surface area (Å²) in [6.45, 7) is 1.93. The molecular formula is C10H10Cl2N2. The van der Waals surface area contributed by atoms with Gasteiger partial charge in [0.1, 0.15) is 6.04 Å². The van der Waals surface area contributed by atoms with E-state index >= 15 is 0 Å². The second kappa shape index (κ2) is 5.09. The van der Waals surface area contributed by atoms with E-state index in [1.54, 1.807) is 18.2 Å². The summed E-state index contributed by atoms with van der Waals surface area (Å²) in [6.07, 6.45) is 0.722. The zero-order valence-corrected chi connectivity index (χ0v) is 9.23. The third kappa shape index (κ3) is 2.54. The molecule has 0 aliphatic carbocycles. The molecule has 0 radical (unpaired) electrons. The summed E-state index contributed by atoms with van der Waals surface area (Å²) in [6, 6.07) is 7.21. The van der Waals surface area contributed by atoms with E-state index in [-0.39, 0.29) is 6.04 Å². The molecule has 0 spiro atoms. The SMILES string of the molecule is CCC(C#N)Nc1cccc(Cl)c1Cl. The Morgan fingerprint density at radius 2 is 2.21 bits per heavy atom. The molecule has 0 bridgehead atoms. The van der Waals surface area contributed by atoms with Gasteiger partial charge in [-0.05, 0) is 18.6 Å². The second-order valence-electron chi connectivity index (χ2n) is 2.84. The lowest BCUT2D eigenvalue weighted by Crippen LogP contribution is -2.15. The van der Waals surface area contributed by atoms with E-state index < -0.39 is 0 Å². The van der Waals surface area contributed by atoms with Crippen molar-refractivity contribution in [2.24, 2.45) is 0 Å². The van der Waals surface area contributed by atoms with E-state index in [1.165, 1.54) is 0 Å². The van der Waals surface area contributed by atoms with Crippen LogP contribution in [0.25, 0.3) is 0 Å². The molecule has 14 heavy (non-hydrogen) atoms. The second-order valence-corrected chi connectivity index (χ2v) is 3.62. The molecule has 1 unspecified atom stereocenters. The van der Waals surface area contributed by atoms with Crippen LogP contribution in [0.4, 0.5) is 5.69 Å². The monoisotopic (exact) mass is 228 g/mol. The Hall–Kier alpha value is -0.910. The minimum absolute atomic E-state index is 0.231. The lowest BCUT2D eigenvalue weighted by molar-refractivity contribution is 0.845. The van der Waals surface area contributed by atoms with Gasteiger partial charge in [0.2, 0.25) is 0 Å². The Labute approximate surface area is 93.4 Å². The van der Waals surface area contributed by atoms with E-state index in [9.17, 15) is 0 Å². The first-order chi connectivity index (χ1) is 6.69. The first-order valence-electron chi connectivity index (χ1n) is 4.29. The number of hydrogen-bond donors (Lipinski definition) is 1. The van der Waals surface area contributed by atoms with Gasteiger partial charge in [0.05, 0.1) is 21.8 Å². The van der Waals surface area contributed by atoms with E-state index in [1.807, 2.05) is 6.92 Å². The molecule has 4 heteroatoms. The molecule has 0 amide bonds. The van der Waals surface area contributed by atoms with Gasteiger partial charge in [-0.15, -0.1) is 0 Å². The Morgan fingerprint density at radius 3 is 2.79 bits per heavy atom. The lowest BCUT2D eigenvalue weighted by atomic mass is 10.2. The largest absolute Gasteiger partial charge is 0.369 e. The fourth-order valence-electron chi connectivity index (χ4n) is 1.03. The number of benzene rings is 1. The topological polar surface area (TPSA) is 35.8 Å². The first kappa shape index (κ1) is 11.2. The van der Waals surface area contributed by atoms with Crippen LogP contribution in [-0.2, 0) is 0 Å². The first-order valence-corrected chi connectivity index (χ1v) is 5.04. The number of nitriles is 1. The molecule has 1 atom stereocenters. The van der Waals surface area contributed by atoms with Crippen molar-refractivity contribution in [1.82, 2.24) is 0 Å². The van der Waals surface area contributed by atoms with E-state index in [0.29, 0.717) is 15.7 Å². The zero-order valence-electron chi connectivity index (χ0n) is 7.72. The van der Waals surface area contributed by atoms with E-state index in [4.69, 9.17) is 28.5 Å². The molecule has 1 aromatic rings. The van der Waals surface area contributed by atoms with Crippen molar-refractivity contribution in [3.8, 4) is 6.07 Å². The molecule has 1 aromatic carbocycles. The van der Waals surface area contributed by atoms with Crippen molar-refractivity contribution in [1.29, 1.82) is 5.26 Å². The summed E-state index contributed by atoms with van der Waals surface area (Å²) < 4.78 is 0. The third-order valence-corrected chi connectivity index (χ3v) is 2.66. The fraction of sp³-hybridized carbons (Fsp3) is 0.300. The molecule has 0 aromatic heterocycles. The molecule has 0 saturated heterocycles. The van der Waals surface area contributed by atoms with Gasteiger partial charge in [-0.1, -0.05) is 36.2 Å². The van der Waals surface area contributed by atoms with Gasteiger partial charge in [-0.25, -0.2) is 0 Å². The van der Waals surface area contributed by atoms with Crippen molar-refractivity contribution in [3.63, 3.8) is 0 Å². The van der Waals surface area contributed by atoms with Crippen LogP contribution in [0, 0.1) is 11.3 Å². The molecule has 0 saturated carbocycles. The van der Waals surface area contributed by atoms with Crippen LogP contribution in [0.15, 0.2) is 18.2 Å². The summed E-state index contributed by atoms with van der Waals surface area (Å²) in [5.74, 6) is 0. The predicted molar refractivity (Wildman–Crippen MR) is 59.8 cm³/mol. The number of hydrogen-bond acceptors (Lipinski definition) is 2. The number of nitrogens with one attached hydrogen (secondary N) is 1. The van der Waals surface area contributed by atoms with Gasteiger partial charge in [-0.3, -0.25) is 0 Å². The van der Waals surface area contributed by atoms with Gasteiger partial charge in [0, 0.05) is 0 Å². The number of nitrogens with zero attached hydrogens (tertiary/aromatic N) is 1. The zero-order chi connectivity index (χ0) is 10.6. The highest BCUT2D eigenvalue weighted by molar-refractivity contribution is 6.43. The molecule has 0 heterocycles. The van der Waals surface area contributed by atoms with Crippen LogP contribution < -0.4 is 5.32 Å². The number of halogens is 2. The molecular weight excluding hydrogens is 219 g/mol. The maximum absolute atomic E-state index is 8.76. The number of rotatable bonds is 3. The highest BCUT2D eigenvalue weighted by Gasteiger charge is 2.08. The highest BCUT2D eigenvalue weighted by atomic mass is 35.5. The van der Waals surface area contributed by atoms with Crippen LogP contribution in [0.3, 0.4) is 0 Å². The Kier molecular flexibility index (Phi) is 4.06. The third-order valence-electron chi connectivity index (χ3n) is 1.85. The van der Waals surface area contributed by atoms with Crippen LogP contribution >= 0.6 is 23.2 Å². The van der Waals surface area contributed by atoms with E-state index in [2.05, 4.69) is 11.4 Å². The Morgan fingerprint density at radius 1 is 1.50 bits per heavy atom. The summed E-state index contributed by atoms with van der Waals surface area (Å²) >= 11 is 11.8. The van der Waals surface area contributed by atoms with Crippen molar-refractivity contribution < 1.29 is 0 Å². The fourth-order valence-corrected chi connectivity index (χ4v) is 1.38. The Bertz CT molecular complexity index is 358. The maximum Gasteiger partial charge on any atom is 0.114 e. The van der Waals surface area contributed by atoms with Gasteiger partial charge < -0.3 is 5.32 Å². The predicted octanol–water partition coefficient (Wildman–Crippen LogP) is 3.71. The summed E-state index contributed by atoms with van der Waals surface area (Å²) in [4.78, 5) is 0. The molecule has 74 valence electrons.